The molecular weight excluding hydrogens is 327 g/mol. The Bertz CT molecular complexity index is 667. The smallest absolute Gasteiger partial charge is 0.297 e. The summed E-state index contributed by atoms with van der Waals surface area (Å²) in [6, 6.07) is 6.69. The number of nitrogens with one attached hydrogen (secondary N) is 1. The van der Waals surface area contributed by atoms with Crippen LogP contribution in [0.25, 0.3) is 6.08 Å². The van der Waals surface area contributed by atoms with Crippen molar-refractivity contribution in [3.05, 3.63) is 45.9 Å². The number of amides is 1. The van der Waals surface area contributed by atoms with Gasteiger partial charge in [-0.25, -0.2) is 0 Å². The van der Waals surface area contributed by atoms with E-state index in [0.29, 0.717) is 5.02 Å². The Morgan fingerprint density at radius 3 is 2.48 bits per heavy atom. The van der Waals surface area contributed by atoms with E-state index in [1.165, 1.54) is 12.2 Å². The lowest BCUT2D eigenvalue weighted by molar-refractivity contribution is -0.138. The topological polar surface area (TPSA) is 54.9 Å². The number of hydrogen-bond donors (Lipinski definition) is 1. The molecule has 0 fully saturated rings. The molecule has 9 heteroatoms. The van der Waals surface area contributed by atoms with E-state index in [2.05, 4.69) is 15.5 Å². The van der Waals surface area contributed by atoms with Crippen LogP contribution in [0.5, 0.6) is 0 Å². The molecule has 0 aliphatic carbocycles. The van der Waals surface area contributed by atoms with E-state index in [1.807, 2.05) is 0 Å². The maximum atomic E-state index is 12.3. The molecule has 1 aromatic heterocycles. The molecule has 0 spiro atoms. The fourth-order valence-corrected chi connectivity index (χ4v) is 2.02. The third kappa shape index (κ3) is 4.54. The average molecular weight is 334 g/mol. The standard InChI is InChI=1S/C12H7ClF3N3OS/c13-8-4-1-7(2-5-8)3-6-9(20)17-11-19-18-10(21-11)12(14,15)16/h1-6H,(H,17,19,20). The van der Waals surface area contributed by atoms with Crippen LogP contribution in [0, 0.1) is 0 Å². The molecule has 1 aromatic carbocycles. The number of alkyl halides is 3. The minimum absolute atomic E-state index is 0.215. The second-order valence-electron chi connectivity index (χ2n) is 3.78. The lowest BCUT2D eigenvalue weighted by atomic mass is 10.2. The molecule has 4 nitrogen and oxygen atoms in total. The first kappa shape index (κ1) is 15.5. The molecule has 0 aliphatic rings. The molecule has 0 atom stereocenters. The van der Waals surface area contributed by atoms with Crippen molar-refractivity contribution in [2.45, 2.75) is 6.18 Å². The molecule has 2 aromatic rings. The van der Waals surface area contributed by atoms with Gasteiger partial charge in [-0.15, -0.1) is 10.2 Å². The Morgan fingerprint density at radius 1 is 1.24 bits per heavy atom. The highest BCUT2D eigenvalue weighted by molar-refractivity contribution is 7.15. The molecule has 0 bridgehead atoms. The summed E-state index contributed by atoms with van der Waals surface area (Å²) in [4.78, 5) is 11.5. The zero-order chi connectivity index (χ0) is 15.5. The normalized spacial score (nSPS) is 11.8. The lowest BCUT2D eigenvalue weighted by Gasteiger charge is -1.98. The number of halogens is 4. The van der Waals surface area contributed by atoms with Crippen LogP contribution in [0.1, 0.15) is 10.6 Å². The number of nitrogens with zero attached hydrogens (tertiary/aromatic N) is 2. The van der Waals surface area contributed by atoms with Crippen molar-refractivity contribution in [3.63, 3.8) is 0 Å². The molecule has 1 N–H and O–H groups in total. The molecule has 1 amide bonds. The van der Waals surface area contributed by atoms with Crippen molar-refractivity contribution >= 4 is 40.1 Å². The lowest BCUT2D eigenvalue weighted by Crippen LogP contribution is -2.07. The predicted molar refractivity (Wildman–Crippen MR) is 74.0 cm³/mol. The van der Waals surface area contributed by atoms with Gasteiger partial charge in [0.1, 0.15) is 0 Å². The summed E-state index contributed by atoms with van der Waals surface area (Å²) < 4.78 is 36.9. The van der Waals surface area contributed by atoms with Crippen molar-refractivity contribution in [2.75, 3.05) is 5.32 Å². The van der Waals surface area contributed by atoms with E-state index in [9.17, 15) is 18.0 Å². The number of benzene rings is 1. The van der Waals surface area contributed by atoms with Crippen LogP contribution in [0.2, 0.25) is 5.02 Å². The fraction of sp³-hybridized carbons (Fsp3) is 0.0833. The van der Waals surface area contributed by atoms with Gasteiger partial charge in [-0.1, -0.05) is 35.1 Å². The number of hydrogen-bond acceptors (Lipinski definition) is 4. The molecule has 0 radical (unpaired) electrons. The van der Waals surface area contributed by atoms with Gasteiger partial charge in [0.2, 0.25) is 16.0 Å². The van der Waals surface area contributed by atoms with Gasteiger partial charge in [0.15, 0.2) is 0 Å². The van der Waals surface area contributed by atoms with Gasteiger partial charge in [0.05, 0.1) is 0 Å². The molecule has 0 saturated heterocycles. The monoisotopic (exact) mass is 333 g/mol. The van der Waals surface area contributed by atoms with E-state index in [-0.39, 0.29) is 16.5 Å². The van der Waals surface area contributed by atoms with E-state index in [4.69, 9.17) is 11.6 Å². The summed E-state index contributed by atoms with van der Waals surface area (Å²) in [6.07, 6.45) is -1.89. The van der Waals surface area contributed by atoms with Crippen LogP contribution in [0.3, 0.4) is 0 Å². The van der Waals surface area contributed by atoms with Gasteiger partial charge < -0.3 is 0 Å². The van der Waals surface area contributed by atoms with Crippen LogP contribution < -0.4 is 5.32 Å². The molecule has 2 rings (SSSR count). The number of carbonyl (C=O) groups is 1. The van der Waals surface area contributed by atoms with Gasteiger partial charge in [0.25, 0.3) is 0 Å². The van der Waals surface area contributed by atoms with E-state index in [1.54, 1.807) is 24.3 Å². The van der Waals surface area contributed by atoms with Crippen LogP contribution in [-0.2, 0) is 11.0 Å². The summed E-state index contributed by atoms with van der Waals surface area (Å²) >= 11 is 5.97. The highest BCUT2D eigenvalue weighted by Gasteiger charge is 2.35. The largest absolute Gasteiger partial charge is 0.445 e. The third-order valence-corrected chi connectivity index (χ3v) is 3.33. The van der Waals surface area contributed by atoms with Gasteiger partial charge >= 0.3 is 6.18 Å². The highest BCUT2D eigenvalue weighted by Crippen LogP contribution is 2.32. The van der Waals surface area contributed by atoms with E-state index in [0.717, 1.165) is 5.56 Å². The Kier molecular flexibility index (Phi) is 4.59. The average Bonchev–Trinajstić information content (AvgIpc) is 2.86. The SMILES string of the molecule is O=C(C=Cc1ccc(Cl)cc1)Nc1nnc(C(F)(F)F)s1. The van der Waals surface area contributed by atoms with Gasteiger partial charge in [-0.3, -0.25) is 10.1 Å². The van der Waals surface area contributed by atoms with Crippen molar-refractivity contribution in [2.24, 2.45) is 0 Å². The van der Waals surface area contributed by atoms with Crippen LogP contribution in [0.15, 0.2) is 30.3 Å². The Labute approximate surface area is 126 Å². The van der Waals surface area contributed by atoms with Gasteiger partial charge in [-0.2, -0.15) is 13.2 Å². The number of rotatable bonds is 3. The Morgan fingerprint density at radius 2 is 1.90 bits per heavy atom. The predicted octanol–water partition coefficient (Wildman–Crippen LogP) is 3.86. The zero-order valence-corrected chi connectivity index (χ0v) is 11.8. The third-order valence-electron chi connectivity index (χ3n) is 2.19. The van der Waals surface area contributed by atoms with Crippen molar-refractivity contribution in [3.8, 4) is 0 Å². The summed E-state index contributed by atoms with van der Waals surface area (Å²) in [5.41, 5.74) is 0.725. The molecular formula is C12H7ClF3N3OS. The summed E-state index contributed by atoms with van der Waals surface area (Å²) in [7, 11) is 0. The molecule has 0 saturated carbocycles. The van der Waals surface area contributed by atoms with Crippen molar-refractivity contribution in [1.29, 1.82) is 0 Å². The first-order chi connectivity index (χ1) is 9.84. The second-order valence-corrected chi connectivity index (χ2v) is 5.20. The first-order valence-corrected chi connectivity index (χ1v) is 6.69. The van der Waals surface area contributed by atoms with Crippen LogP contribution in [0.4, 0.5) is 18.3 Å². The van der Waals surface area contributed by atoms with E-state index < -0.39 is 17.1 Å². The molecule has 0 aliphatic heterocycles. The van der Waals surface area contributed by atoms with Crippen molar-refractivity contribution < 1.29 is 18.0 Å². The number of aromatic nitrogens is 2. The fourth-order valence-electron chi connectivity index (χ4n) is 1.28. The van der Waals surface area contributed by atoms with Crippen molar-refractivity contribution in [1.82, 2.24) is 10.2 Å². The maximum absolute atomic E-state index is 12.3. The minimum atomic E-state index is -4.57. The molecule has 110 valence electrons. The van der Waals surface area contributed by atoms with Crippen LogP contribution >= 0.6 is 22.9 Å². The highest BCUT2D eigenvalue weighted by atomic mass is 35.5. The maximum Gasteiger partial charge on any atom is 0.445 e. The van der Waals surface area contributed by atoms with Crippen LogP contribution in [-0.4, -0.2) is 16.1 Å². The summed E-state index contributed by atoms with van der Waals surface area (Å²) in [5, 5.41) is 7.66. The summed E-state index contributed by atoms with van der Waals surface area (Å²) in [5.74, 6) is -0.602. The Balaban J connectivity index is 1.98. The molecule has 21 heavy (non-hydrogen) atoms. The summed E-state index contributed by atoms with van der Waals surface area (Å²) in [6.45, 7) is 0. The van der Waals surface area contributed by atoms with Gasteiger partial charge in [0, 0.05) is 11.1 Å². The first-order valence-electron chi connectivity index (χ1n) is 5.50. The van der Waals surface area contributed by atoms with Gasteiger partial charge in [-0.05, 0) is 23.8 Å². The number of carbonyl (C=O) groups excluding carboxylic acids is 1. The number of anilines is 1. The second kappa shape index (κ2) is 6.23. The zero-order valence-electron chi connectivity index (χ0n) is 10.2. The Hall–Kier alpha value is -1.93. The molecule has 1 heterocycles. The van der Waals surface area contributed by atoms with E-state index >= 15 is 0 Å². The quantitative estimate of drug-likeness (QED) is 0.868. The molecule has 0 unspecified atom stereocenters. The minimum Gasteiger partial charge on any atom is -0.297 e.